The van der Waals surface area contributed by atoms with E-state index in [-0.39, 0.29) is 31.7 Å². The van der Waals surface area contributed by atoms with Crippen molar-refractivity contribution in [1.29, 1.82) is 0 Å². The summed E-state index contributed by atoms with van der Waals surface area (Å²) in [6.45, 7) is 2.08. The number of hydrogen-bond acceptors (Lipinski definition) is 5. The van der Waals surface area contributed by atoms with E-state index in [1.165, 1.54) is 10.4 Å². The summed E-state index contributed by atoms with van der Waals surface area (Å²) in [6, 6.07) is 5.92. The van der Waals surface area contributed by atoms with Gasteiger partial charge in [0.1, 0.15) is 5.82 Å². The van der Waals surface area contributed by atoms with Gasteiger partial charge in [-0.25, -0.2) is 31.6 Å². The number of hydrogen-bond donors (Lipinski definition) is 0. The second-order valence-electron chi connectivity index (χ2n) is 8.52. The van der Waals surface area contributed by atoms with Gasteiger partial charge in [0.2, 0.25) is 10.0 Å². The molecule has 0 aliphatic carbocycles. The number of aryl methyl sites for hydroxylation is 2. The number of ether oxygens (including phenoxy) is 1. The molecule has 0 fully saturated rings. The molecule has 0 radical (unpaired) electrons. The van der Waals surface area contributed by atoms with E-state index in [9.17, 15) is 21.6 Å². The van der Waals surface area contributed by atoms with E-state index in [0.717, 1.165) is 24.3 Å². The van der Waals surface area contributed by atoms with Gasteiger partial charge in [-0.3, -0.25) is 0 Å². The molecule has 3 aromatic rings. The average molecular weight is 506 g/mol. The Morgan fingerprint density at radius 1 is 1.06 bits per heavy atom. The first kappa shape index (κ1) is 25.1. The third-order valence-electron chi connectivity index (χ3n) is 6.04. The molecule has 6 nitrogen and oxygen atoms in total. The summed E-state index contributed by atoms with van der Waals surface area (Å²) in [6.07, 6.45) is 6.22. The summed E-state index contributed by atoms with van der Waals surface area (Å²) in [5.41, 5.74) is 2.56. The van der Waals surface area contributed by atoms with Crippen molar-refractivity contribution < 1.29 is 26.3 Å². The Morgan fingerprint density at radius 3 is 2.46 bits per heavy atom. The maximum Gasteiger partial charge on any atom is 0.211 e. The molecule has 0 saturated heterocycles. The highest BCUT2D eigenvalue weighted by Gasteiger charge is 2.28. The van der Waals surface area contributed by atoms with Crippen LogP contribution in [0.15, 0.2) is 36.7 Å². The highest BCUT2D eigenvalue weighted by molar-refractivity contribution is 7.88. The van der Waals surface area contributed by atoms with Crippen molar-refractivity contribution in [3.05, 3.63) is 76.4 Å². The molecule has 2 aromatic carbocycles. The Balaban J connectivity index is 1.37. The minimum Gasteiger partial charge on any atom is -0.488 e. The summed E-state index contributed by atoms with van der Waals surface area (Å²) in [4.78, 5) is 8.42. The van der Waals surface area contributed by atoms with Gasteiger partial charge in [0.05, 0.1) is 18.4 Å². The highest BCUT2D eigenvalue weighted by atomic mass is 32.2. The number of rotatable bonds is 8. The smallest absolute Gasteiger partial charge is 0.211 e. The van der Waals surface area contributed by atoms with Crippen LogP contribution >= 0.6 is 0 Å². The van der Waals surface area contributed by atoms with Gasteiger partial charge < -0.3 is 4.74 Å². The Bertz CT molecular complexity index is 1330. The van der Waals surface area contributed by atoms with E-state index < -0.39 is 33.2 Å². The molecule has 1 aliphatic rings. The minimum atomic E-state index is -3.45. The summed E-state index contributed by atoms with van der Waals surface area (Å²) in [5.74, 6) is -2.26. The predicted molar refractivity (Wildman–Crippen MR) is 126 cm³/mol. The van der Waals surface area contributed by atoms with Gasteiger partial charge >= 0.3 is 0 Å². The Hall–Kier alpha value is -2.98. The van der Waals surface area contributed by atoms with Crippen molar-refractivity contribution in [2.75, 3.05) is 19.4 Å². The van der Waals surface area contributed by atoms with Crippen molar-refractivity contribution in [2.24, 2.45) is 0 Å². The van der Waals surface area contributed by atoms with E-state index in [0.29, 0.717) is 35.4 Å². The molecule has 0 N–H and O–H groups in total. The van der Waals surface area contributed by atoms with Gasteiger partial charge in [-0.2, -0.15) is 4.31 Å². The molecular formula is C25H26F3N3O3S. The number of aromatic nitrogens is 2. The van der Waals surface area contributed by atoms with Crippen LogP contribution < -0.4 is 4.74 Å². The molecule has 1 aliphatic heterocycles. The van der Waals surface area contributed by atoms with Gasteiger partial charge in [-0.1, -0.05) is 13.0 Å². The summed E-state index contributed by atoms with van der Waals surface area (Å²) < 4.78 is 74.1. The average Bonchev–Trinajstić information content (AvgIpc) is 2.82. The molecule has 0 bridgehead atoms. The molecule has 0 spiro atoms. The Labute approximate surface area is 202 Å². The quantitative estimate of drug-likeness (QED) is 0.423. The largest absolute Gasteiger partial charge is 0.488 e. The maximum absolute atomic E-state index is 14.9. The lowest BCUT2D eigenvalue weighted by Gasteiger charge is -2.27. The SMILES string of the molecule is CCc1cnc(-c2ccc(CCCOc3c(F)cc4c(c3F)CCN(S(C)(=O)=O)C4)cc2F)nc1. The van der Waals surface area contributed by atoms with E-state index >= 15 is 0 Å². The first-order valence-corrected chi connectivity index (χ1v) is 13.2. The monoisotopic (exact) mass is 505 g/mol. The predicted octanol–water partition coefficient (Wildman–Crippen LogP) is 4.45. The standard InChI is InChI=1S/C25H26F3N3O3S/c1-3-16-13-29-25(30-14-16)20-7-6-17(11-21(20)26)5-4-10-34-24-22(27)12-18-15-31(35(2,32)33)9-8-19(18)23(24)28/h6-7,11-14H,3-5,8-10,15H2,1-2H3. The molecule has 186 valence electrons. The molecule has 0 amide bonds. The number of benzene rings is 2. The van der Waals surface area contributed by atoms with Crippen LogP contribution in [-0.2, 0) is 35.8 Å². The van der Waals surface area contributed by atoms with Crippen LogP contribution in [0.25, 0.3) is 11.4 Å². The van der Waals surface area contributed by atoms with E-state index in [1.807, 2.05) is 6.92 Å². The van der Waals surface area contributed by atoms with Crippen LogP contribution in [0.2, 0.25) is 0 Å². The first-order chi connectivity index (χ1) is 16.7. The third kappa shape index (κ3) is 5.65. The molecule has 0 atom stereocenters. The third-order valence-corrected chi connectivity index (χ3v) is 7.29. The second-order valence-corrected chi connectivity index (χ2v) is 10.5. The molecule has 10 heteroatoms. The zero-order chi connectivity index (χ0) is 25.2. The molecule has 2 heterocycles. The van der Waals surface area contributed by atoms with Crippen molar-refractivity contribution in [1.82, 2.24) is 14.3 Å². The number of halogens is 3. The van der Waals surface area contributed by atoms with Crippen molar-refractivity contribution in [2.45, 2.75) is 39.2 Å². The number of fused-ring (bicyclic) bond motifs is 1. The zero-order valence-corrected chi connectivity index (χ0v) is 20.3. The fourth-order valence-corrected chi connectivity index (χ4v) is 4.84. The molecule has 0 unspecified atom stereocenters. The lowest BCUT2D eigenvalue weighted by molar-refractivity contribution is 0.276. The van der Waals surface area contributed by atoms with Crippen LogP contribution in [0.5, 0.6) is 5.75 Å². The maximum atomic E-state index is 14.9. The Kier molecular flexibility index (Phi) is 7.42. The summed E-state index contributed by atoms with van der Waals surface area (Å²) >= 11 is 0. The number of sulfonamides is 1. The van der Waals surface area contributed by atoms with Crippen LogP contribution in [0.4, 0.5) is 13.2 Å². The van der Waals surface area contributed by atoms with Gasteiger partial charge in [0, 0.05) is 25.5 Å². The lowest BCUT2D eigenvalue weighted by atomic mass is 9.99. The van der Waals surface area contributed by atoms with E-state index in [4.69, 9.17) is 4.74 Å². The van der Waals surface area contributed by atoms with Crippen LogP contribution in [0.1, 0.15) is 35.6 Å². The van der Waals surface area contributed by atoms with Gasteiger partial charge in [-0.15, -0.1) is 0 Å². The van der Waals surface area contributed by atoms with Crippen LogP contribution in [0, 0.1) is 17.5 Å². The van der Waals surface area contributed by atoms with Crippen LogP contribution in [-0.4, -0.2) is 42.1 Å². The number of nitrogens with zero attached hydrogens (tertiary/aromatic N) is 3. The zero-order valence-electron chi connectivity index (χ0n) is 19.5. The van der Waals surface area contributed by atoms with Gasteiger partial charge in [0.25, 0.3) is 0 Å². The Morgan fingerprint density at radius 2 is 1.80 bits per heavy atom. The minimum absolute atomic E-state index is 0.0348. The van der Waals surface area contributed by atoms with Crippen molar-refractivity contribution in [3.8, 4) is 17.1 Å². The lowest BCUT2D eigenvalue weighted by Crippen LogP contribution is -2.35. The van der Waals surface area contributed by atoms with Crippen molar-refractivity contribution in [3.63, 3.8) is 0 Å². The fourth-order valence-electron chi connectivity index (χ4n) is 4.04. The highest BCUT2D eigenvalue weighted by Crippen LogP contribution is 2.32. The molecule has 35 heavy (non-hydrogen) atoms. The summed E-state index contributed by atoms with van der Waals surface area (Å²) in [7, 11) is -3.45. The molecular weight excluding hydrogens is 479 g/mol. The van der Waals surface area contributed by atoms with E-state index in [2.05, 4.69) is 9.97 Å². The molecule has 4 rings (SSSR count). The topological polar surface area (TPSA) is 72.4 Å². The normalized spacial score (nSPS) is 14.1. The molecule has 1 aromatic heterocycles. The second kappa shape index (κ2) is 10.3. The van der Waals surface area contributed by atoms with E-state index in [1.54, 1.807) is 24.5 Å². The first-order valence-electron chi connectivity index (χ1n) is 11.3. The van der Waals surface area contributed by atoms with Gasteiger partial charge in [0.15, 0.2) is 23.2 Å². The van der Waals surface area contributed by atoms with Crippen molar-refractivity contribution >= 4 is 10.0 Å². The molecule has 0 saturated carbocycles. The van der Waals surface area contributed by atoms with Gasteiger partial charge in [-0.05, 0) is 66.1 Å². The summed E-state index contributed by atoms with van der Waals surface area (Å²) in [5, 5.41) is 0. The van der Waals surface area contributed by atoms with Crippen LogP contribution in [0.3, 0.4) is 0 Å². The fraction of sp³-hybridized carbons (Fsp3) is 0.360.